The predicted octanol–water partition coefficient (Wildman–Crippen LogP) is 3.72. The molecule has 0 atom stereocenters. The van der Waals surface area contributed by atoms with Crippen molar-refractivity contribution in [2.45, 2.75) is 25.9 Å². The summed E-state index contributed by atoms with van der Waals surface area (Å²) in [6.45, 7) is 4.82. The fourth-order valence-corrected chi connectivity index (χ4v) is 6.44. The Morgan fingerprint density at radius 3 is 2.71 bits per heavy atom. The summed E-state index contributed by atoms with van der Waals surface area (Å²) in [5.74, 6) is 0.849. The fraction of sp³-hybridized carbons (Fsp3) is 0.222. The van der Waals surface area contributed by atoms with Gasteiger partial charge in [-0.1, -0.05) is 55.6 Å². The SMILES string of the molecule is C[Si]1(C)C2=C(CCC=C2)c2nc(-c3ccccc3)ncc21. The highest BCUT2D eigenvalue weighted by molar-refractivity contribution is 6.98. The molecule has 0 N–H and O–H groups in total. The summed E-state index contributed by atoms with van der Waals surface area (Å²) in [4.78, 5) is 9.58. The van der Waals surface area contributed by atoms with Gasteiger partial charge in [0.25, 0.3) is 0 Å². The molecule has 1 aliphatic carbocycles. The number of hydrogen-bond acceptors (Lipinski definition) is 2. The summed E-state index contributed by atoms with van der Waals surface area (Å²) in [5, 5.41) is 2.96. The number of fused-ring (bicyclic) bond motifs is 2. The van der Waals surface area contributed by atoms with Crippen molar-refractivity contribution in [1.29, 1.82) is 0 Å². The number of aromatic nitrogens is 2. The molecule has 0 saturated heterocycles. The molecule has 0 bridgehead atoms. The third-order valence-corrected chi connectivity index (χ3v) is 8.15. The van der Waals surface area contributed by atoms with Gasteiger partial charge in [0.1, 0.15) is 8.07 Å². The minimum atomic E-state index is -1.58. The zero-order valence-corrected chi connectivity index (χ0v) is 13.4. The Morgan fingerprint density at radius 2 is 1.90 bits per heavy atom. The quantitative estimate of drug-likeness (QED) is 0.748. The Bertz CT molecular complexity index is 773. The maximum atomic E-state index is 4.94. The summed E-state index contributed by atoms with van der Waals surface area (Å²) in [6.07, 6.45) is 9.00. The van der Waals surface area contributed by atoms with Gasteiger partial charge in [-0.05, 0) is 28.8 Å². The van der Waals surface area contributed by atoms with E-state index in [1.54, 1.807) is 5.20 Å². The third-order valence-electron chi connectivity index (χ3n) is 4.62. The van der Waals surface area contributed by atoms with Crippen LogP contribution in [0.3, 0.4) is 0 Å². The van der Waals surface area contributed by atoms with Gasteiger partial charge in [0, 0.05) is 11.8 Å². The maximum Gasteiger partial charge on any atom is 0.159 e. The molecule has 2 heterocycles. The molecule has 0 saturated carbocycles. The topological polar surface area (TPSA) is 25.8 Å². The summed E-state index contributed by atoms with van der Waals surface area (Å²) in [5.41, 5.74) is 3.80. The van der Waals surface area contributed by atoms with Crippen molar-refractivity contribution in [3.8, 4) is 11.4 Å². The predicted molar refractivity (Wildman–Crippen MR) is 89.9 cm³/mol. The Balaban J connectivity index is 1.91. The summed E-state index contributed by atoms with van der Waals surface area (Å²) < 4.78 is 0. The van der Waals surface area contributed by atoms with Gasteiger partial charge in [0.15, 0.2) is 5.82 Å². The summed E-state index contributed by atoms with van der Waals surface area (Å²) in [6, 6.07) is 10.3. The molecule has 2 nitrogen and oxygen atoms in total. The number of hydrogen-bond donors (Lipinski definition) is 0. The van der Waals surface area contributed by atoms with Gasteiger partial charge in [0.05, 0.1) is 5.69 Å². The van der Waals surface area contributed by atoms with Crippen LogP contribution in [-0.2, 0) is 0 Å². The van der Waals surface area contributed by atoms with E-state index in [9.17, 15) is 0 Å². The normalized spacial score (nSPS) is 18.6. The lowest BCUT2D eigenvalue weighted by molar-refractivity contribution is 1.03. The van der Waals surface area contributed by atoms with Crippen molar-refractivity contribution in [3.05, 3.63) is 59.6 Å². The van der Waals surface area contributed by atoms with Gasteiger partial charge in [0.2, 0.25) is 0 Å². The summed E-state index contributed by atoms with van der Waals surface area (Å²) >= 11 is 0. The van der Waals surface area contributed by atoms with E-state index in [1.165, 1.54) is 16.5 Å². The molecule has 2 aromatic rings. The second-order valence-electron chi connectivity index (χ2n) is 6.28. The lowest BCUT2D eigenvalue weighted by Gasteiger charge is -2.20. The minimum absolute atomic E-state index is 0.849. The van der Waals surface area contributed by atoms with Gasteiger partial charge in [-0.3, -0.25) is 0 Å². The van der Waals surface area contributed by atoms with Gasteiger partial charge in [-0.25, -0.2) is 9.97 Å². The first kappa shape index (κ1) is 12.7. The molecule has 0 amide bonds. The van der Waals surface area contributed by atoms with Crippen molar-refractivity contribution in [3.63, 3.8) is 0 Å². The van der Waals surface area contributed by atoms with E-state index in [2.05, 4.69) is 48.6 Å². The van der Waals surface area contributed by atoms with Gasteiger partial charge < -0.3 is 0 Å². The van der Waals surface area contributed by atoms with Crippen LogP contribution in [0.1, 0.15) is 18.5 Å². The highest BCUT2D eigenvalue weighted by Crippen LogP contribution is 2.38. The fourth-order valence-electron chi connectivity index (χ4n) is 3.44. The average Bonchev–Trinajstić information content (AvgIpc) is 2.77. The average molecular weight is 290 g/mol. The van der Waals surface area contributed by atoms with Crippen LogP contribution in [0.15, 0.2) is 53.9 Å². The second kappa shape index (κ2) is 4.50. The summed E-state index contributed by atoms with van der Waals surface area (Å²) in [7, 11) is -1.58. The smallest absolute Gasteiger partial charge is 0.159 e. The number of allylic oxidation sites excluding steroid dienone is 4. The molecular formula is C18H18N2Si. The van der Waals surface area contributed by atoms with Crippen LogP contribution < -0.4 is 5.19 Å². The van der Waals surface area contributed by atoms with E-state index in [0.29, 0.717) is 0 Å². The van der Waals surface area contributed by atoms with Crippen LogP contribution in [0.2, 0.25) is 13.1 Å². The van der Waals surface area contributed by atoms with E-state index in [-0.39, 0.29) is 0 Å². The number of nitrogens with zero attached hydrogens (tertiary/aromatic N) is 2. The zero-order valence-electron chi connectivity index (χ0n) is 12.4. The van der Waals surface area contributed by atoms with E-state index < -0.39 is 8.07 Å². The van der Waals surface area contributed by atoms with Crippen LogP contribution >= 0.6 is 0 Å². The van der Waals surface area contributed by atoms with E-state index >= 15 is 0 Å². The maximum absolute atomic E-state index is 4.94. The van der Waals surface area contributed by atoms with Gasteiger partial charge >= 0.3 is 0 Å². The number of rotatable bonds is 1. The van der Waals surface area contributed by atoms with Crippen molar-refractivity contribution < 1.29 is 0 Å². The molecule has 2 aliphatic rings. The molecule has 1 aliphatic heterocycles. The van der Waals surface area contributed by atoms with Crippen molar-refractivity contribution in [1.82, 2.24) is 9.97 Å². The first-order valence-electron chi connectivity index (χ1n) is 7.51. The van der Waals surface area contributed by atoms with Crippen LogP contribution in [0.4, 0.5) is 0 Å². The molecule has 4 rings (SSSR count). The second-order valence-corrected chi connectivity index (χ2v) is 10.6. The Morgan fingerprint density at radius 1 is 1.10 bits per heavy atom. The molecule has 21 heavy (non-hydrogen) atoms. The van der Waals surface area contributed by atoms with Crippen molar-refractivity contribution in [2.75, 3.05) is 0 Å². The number of benzene rings is 1. The molecular weight excluding hydrogens is 272 g/mol. The molecule has 1 aromatic heterocycles. The Labute approximate surface area is 126 Å². The van der Waals surface area contributed by atoms with Crippen molar-refractivity contribution >= 4 is 18.8 Å². The van der Waals surface area contributed by atoms with E-state index in [0.717, 1.165) is 24.2 Å². The van der Waals surface area contributed by atoms with Crippen LogP contribution in [0, 0.1) is 0 Å². The molecule has 1 aromatic carbocycles. The third kappa shape index (κ3) is 1.84. The monoisotopic (exact) mass is 290 g/mol. The lowest BCUT2D eigenvalue weighted by atomic mass is 10.0. The highest BCUT2D eigenvalue weighted by atomic mass is 28.3. The first-order chi connectivity index (χ1) is 10.2. The van der Waals surface area contributed by atoms with Gasteiger partial charge in [-0.2, -0.15) is 0 Å². The lowest BCUT2D eigenvalue weighted by Crippen LogP contribution is -2.41. The van der Waals surface area contributed by atoms with Gasteiger partial charge in [-0.15, -0.1) is 0 Å². The van der Waals surface area contributed by atoms with Crippen LogP contribution in [-0.4, -0.2) is 18.0 Å². The van der Waals surface area contributed by atoms with Crippen molar-refractivity contribution in [2.24, 2.45) is 0 Å². The largest absolute Gasteiger partial charge is 0.237 e. The van der Waals surface area contributed by atoms with E-state index in [1.807, 2.05) is 18.2 Å². The Kier molecular flexibility index (Phi) is 2.72. The molecule has 104 valence electrons. The molecule has 0 unspecified atom stereocenters. The van der Waals surface area contributed by atoms with E-state index in [4.69, 9.17) is 4.98 Å². The molecule has 0 radical (unpaired) electrons. The minimum Gasteiger partial charge on any atom is -0.237 e. The highest BCUT2D eigenvalue weighted by Gasteiger charge is 2.40. The first-order valence-corrected chi connectivity index (χ1v) is 10.5. The molecule has 0 spiro atoms. The Hall–Kier alpha value is -2.00. The molecule has 3 heteroatoms. The standard InChI is InChI=1S/C18H18N2Si/c1-21(2)15-11-7-6-10-14(15)17-16(21)12-19-18(20-17)13-8-4-3-5-9-13/h3-5,7-9,11-12H,6,10H2,1-2H3. The van der Waals surface area contributed by atoms with Crippen LogP contribution in [0.25, 0.3) is 17.0 Å². The zero-order chi connectivity index (χ0) is 14.4. The molecule has 0 fully saturated rings. The van der Waals surface area contributed by atoms with Crippen LogP contribution in [0.5, 0.6) is 0 Å².